The van der Waals surface area contributed by atoms with Gasteiger partial charge in [0.15, 0.2) is 5.82 Å². The second-order valence-corrected chi connectivity index (χ2v) is 3.71. The SMILES string of the molecule is c1cn(C2CCC2)c(-c2cnc[nH]2)n1. The van der Waals surface area contributed by atoms with Crippen molar-refractivity contribution in [1.82, 2.24) is 19.5 Å². The molecule has 0 aliphatic heterocycles. The van der Waals surface area contributed by atoms with Crippen LogP contribution in [0, 0.1) is 0 Å². The predicted octanol–water partition coefficient (Wildman–Crippen LogP) is 2.00. The third kappa shape index (κ3) is 1.07. The van der Waals surface area contributed by atoms with Crippen LogP contribution in [0.1, 0.15) is 25.3 Å². The van der Waals surface area contributed by atoms with E-state index in [-0.39, 0.29) is 0 Å². The highest BCUT2D eigenvalue weighted by Gasteiger charge is 2.22. The summed E-state index contributed by atoms with van der Waals surface area (Å²) in [4.78, 5) is 11.5. The van der Waals surface area contributed by atoms with Crippen LogP contribution >= 0.6 is 0 Å². The van der Waals surface area contributed by atoms with Gasteiger partial charge in [-0.05, 0) is 19.3 Å². The minimum Gasteiger partial charge on any atom is -0.342 e. The van der Waals surface area contributed by atoms with E-state index < -0.39 is 0 Å². The third-order valence-electron chi connectivity index (χ3n) is 2.88. The van der Waals surface area contributed by atoms with Crippen LogP contribution < -0.4 is 0 Å². The number of nitrogens with one attached hydrogen (secondary N) is 1. The van der Waals surface area contributed by atoms with Gasteiger partial charge in [0.25, 0.3) is 0 Å². The van der Waals surface area contributed by atoms with Crippen molar-refractivity contribution in [3.05, 3.63) is 24.9 Å². The van der Waals surface area contributed by atoms with Gasteiger partial charge in [0.1, 0.15) is 5.69 Å². The average molecular weight is 188 g/mol. The van der Waals surface area contributed by atoms with Gasteiger partial charge in [0, 0.05) is 18.4 Å². The fourth-order valence-corrected chi connectivity index (χ4v) is 1.86. The maximum Gasteiger partial charge on any atom is 0.158 e. The standard InChI is InChI=1S/C10H12N4/c1-2-8(3-1)14-5-4-12-10(14)9-6-11-7-13-9/h4-8H,1-3H2,(H,11,13). The molecule has 2 heterocycles. The first-order valence-electron chi connectivity index (χ1n) is 4.97. The summed E-state index contributed by atoms with van der Waals surface area (Å²) < 4.78 is 2.25. The molecule has 1 aliphatic rings. The molecule has 4 heteroatoms. The second-order valence-electron chi connectivity index (χ2n) is 3.71. The molecule has 3 rings (SSSR count). The Morgan fingerprint density at radius 3 is 3.00 bits per heavy atom. The number of imidazole rings is 2. The third-order valence-corrected chi connectivity index (χ3v) is 2.88. The number of H-pyrrole nitrogens is 1. The number of rotatable bonds is 2. The average Bonchev–Trinajstić information content (AvgIpc) is 2.66. The zero-order valence-corrected chi connectivity index (χ0v) is 7.85. The molecule has 0 bridgehead atoms. The van der Waals surface area contributed by atoms with E-state index in [2.05, 4.69) is 25.7 Å². The first-order chi connectivity index (χ1) is 6.95. The zero-order valence-electron chi connectivity index (χ0n) is 7.85. The fraction of sp³-hybridized carbons (Fsp3) is 0.400. The van der Waals surface area contributed by atoms with Crippen molar-refractivity contribution in [2.24, 2.45) is 0 Å². The lowest BCUT2D eigenvalue weighted by Crippen LogP contribution is -2.17. The monoisotopic (exact) mass is 188 g/mol. The van der Waals surface area contributed by atoms with Crippen LogP contribution in [0.25, 0.3) is 11.5 Å². The van der Waals surface area contributed by atoms with Crippen LogP contribution in [-0.2, 0) is 0 Å². The molecule has 1 N–H and O–H groups in total. The van der Waals surface area contributed by atoms with Crippen molar-refractivity contribution in [3.8, 4) is 11.5 Å². The molecule has 1 fully saturated rings. The number of hydrogen-bond donors (Lipinski definition) is 1. The minimum absolute atomic E-state index is 0.649. The zero-order chi connectivity index (χ0) is 9.38. The lowest BCUT2D eigenvalue weighted by molar-refractivity contribution is 0.316. The van der Waals surface area contributed by atoms with E-state index in [9.17, 15) is 0 Å². The van der Waals surface area contributed by atoms with Gasteiger partial charge in [-0.3, -0.25) is 0 Å². The molecular weight excluding hydrogens is 176 g/mol. The van der Waals surface area contributed by atoms with Crippen molar-refractivity contribution in [2.45, 2.75) is 25.3 Å². The van der Waals surface area contributed by atoms with Crippen molar-refractivity contribution in [1.29, 1.82) is 0 Å². The van der Waals surface area contributed by atoms with Crippen LogP contribution in [0.3, 0.4) is 0 Å². The van der Waals surface area contributed by atoms with Gasteiger partial charge in [-0.25, -0.2) is 9.97 Å². The molecule has 72 valence electrons. The molecule has 14 heavy (non-hydrogen) atoms. The van der Waals surface area contributed by atoms with Crippen molar-refractivity contribution in [2.75, 3.05) is 0 Å². The van der Waals surface area contributed by atoms with Gasteiger partial charge in [-0.15, -0.1) is 0 Å². The van der Waals surface area contributed by atoms with Crippen LogP contribution in [0.2, 0.25) is 0 Å². The Bertz CT molecular complexity index is 411. The molecule has 2 aromatic rings. The Balaban J connectivity index is 2.01. The van der Waals surface area contributed by atoms with E-state index in [4.69, 9.17) is 0 Å². The van der Waals surface area contributed by atoms with E-state index in [1.165, 1.54) is 19.3 Å². The van der Waals surface area contributed by atoms with Gasteiger partial charge >= 0.3 is 0 Å². The molecular formula is C10H12N4. The smallest absolute Gasteiger partial charge is 0.158 e. The molecule has 1 saturated carbocycles. The first-order valence-corrected chi connectivity index (χ1v) is 4.97. The van der Waals surface area contributed by atoms with Crippen molar-refractivity contribution >= 4 is 0 Å². The Kier molecular flexibility index (Phi) is 1.65. The highest BCUT2D eigenvalue weighted by Crippen LogP contribution is 2.34. The van der Waals surface area contributed by atoms with Gasteiger partial charge in [0.05, 0.1) is 12.5 Å². The highest BCUT2D eigenvalue weighted by molar-refractivity contribution is 5.48. The minimum atomic E-state index is 0.649. The molecule has 0 atom stereocenters. The molecule has 0 saturated heterocycles. The maximum absolute atomic E-state index is 4.35. The Labute approximate surface area is 82.0 Å². The van der Waals surface area contributed by atoms with Crippen LogP contribution in [0.4, 0.5) is 0 Å². The first kappa shape index (κ1) is 7.79. The molecule has 0 unspecified atom stereocenters. The summed E-state index contributed by atoms with van der Waals surface area (Å²) >= 11 is 0. The van der Waals surface area contributed by atoms with Gasteiger partial charge < -0.3 is 9.55 Å². The van der Waals surface area contributed by atoms with Crippen molar-refractivity contribution < 1.29 is 0 Å². The van der Waals surface area contributed by atoms with E-state index in [0.717, 1.165) is 11.5 Å². The number of aromatic nitrogens is 4. The van der Waals surface area contributed by atoms with Crippen LogP contribution in [0.15, 0.2) is 24.9 Å². The molecule has 0 radical (unpaired) electrons. The second kappa shape index (κ2) is 2.97. The van der Waals surface area contributed by atoms with Gasteiger partial charge in [-0.2, -0.15) is 0 Å². The maximum atomic E-state index is 4.35. The summed E-state index contributed by atoms with van der Waals surface area (Å²) in [6.45, 7) is 0. The molecule has 1 aliphatic carbocycles. The Hall–Kier alpha value is -1.58. The van der Waals surface area contributed by atoms with Crippen LogP contribution in [-0.4, -0.2) is 19.5 Å². The van der Waals surface area contributed by atoms with Crippen LogP contribution in [0.5, 0.6) is 0 Å². The van der Waals surface area contributed by atoms with Gasteiger partial charge in [0.2, 0.25) is 0 Å². The van der Waals surface area contributed by atoms with E-state index in [1.54, 1.807) is 6.33 Å². The number of hydrogen-bond acceptors (Lipinski definition) is 2. The molecule has 0 aromatic carbocycles. The van der Waals surface area contributed by atoms with E-state index in [0.29, 0.717) is 6.04 Å². The lowest BCUT2D eigenvalue weighted by atomic mass is 9.93. The summed E-state index contributed by atoms with van der Waals surface area (Å²) in [6, 6.07) is 0.649. The van der Waals surface area contributed by atoms with Crippen molar-refractivity contribution in [3.63, 3.8) is 0 Å². The lowest BCUT2D eigenvalue weighted by Gasteiger charge is -2.28. The molecule has 0 spiro atoms. The van der Waals surface area contributed by atoms with Gasteiger partial charge in [-0.1, -0.05) is 0 Å². The molecule has 0 amide bonds. The highest BCUT2D eigenvalue weighted by atomic mass is 15.1. The topological polar surface area (TPSA) is 46.5 Å². The Morgan fingerprint density at radius 1 is 1.43 bits per heavy atom. The normalized spacial score (nSPS) is 16.9. The fourth-order valence-electron chi connectivity index (χ4n) is 1.86. The number of aromatic amines is 1. The summed E-state index contributed by atoms with van der Waals surface area (Å²) in [5.74, 6) is 1.01. The largest absolute Gasteiger partial charge is 0.342 e. The summed E-state index contributed by atoms with van der Waals surface area (Å²) in [5.41, 5.74) is 1.00. The number of nitrogens with zero attached hydrogens (tertiary/aromatic N) is 3. The predicted molar refractivity (Wildman–Crippen MR) is 52.7 cm³/mol. The summed E-state index contributed by atoms with van der Waals surface area (Å²) in [6.07, 6.45) is 11.3. The molecule has 4 nitrogen and oxygen atoms in total. The summed E-state index contributed by atoms with van der Waals surface area (Å²) in [7, 11) is 0. The molecule has 2 aromatic heterocycles. The Morgan fingerprint density at radius 2 is 2.36 bits per heavy atom. The summed E-state index contributed by atoms with van der Waals surface area (Å²) in [5, 5.41) is 0. The van der Waals surface area contributed by atoms with E-state index >= 15 is 0 Å². The quantitative estimate of drug-likeness (QED) is 0.783. The van der Waals surface area contributed by atoms with E-state index in [1.807, 2.05) is 12.4 Å².